The van der Waals surface area contributed by atoms with Crippen molar-refractivity contribution in [2.45, 2.75) is 52.6 Å². The van der Waals surface area contributed by atoms with E-state index in [4.69, 9.17) is 10.2 Å². The van der Waals surface area contributed by atoms with Gasteiger partial charge in [0.05, 0.1) is 5.56 Å². The van der Waals surface area contributed by atoms with Gasteiger partial charge in [-0.1, -0.05) is 12.1 Å². The maximum absolute atomic E-state index is 12.7. The molecule has 1 aliphatic rings. The van der Waals surface area contributed by atoms with Crippen LogP contribution in [0.2, 0.25) is 0 Å². The van der Waals surface area contributed by atoms with Crippen molar-refractivity contribution in [2.24, 2.45) is 5.92 Å². The van der Waals surface area contributed by atoms with Gasteiger partial charge >= 0.3 is 11.9 Å². The second-order valence-corrected chi connectivity index (χ2v) is 8.74. The van der Waals surface area contributed by atoms with Crippen LogP contribution in [0.4, 0.5) is 0 Å². The molecular formula is C24H34N4O5. The van der Waals surface area contributed by atoms with E-state index in [1.807, 2.05) is 29.1 Å². The lowest BCUT2D eigenvalue weighted by Gasteiger charge is -2.34. The minimum Gasteiger partial charge on any atom is -0.478 e. The molecule has 9 heteroatoms. The smallest absolute Gasteiger partial charge is 0.328 e. The number of likely N-dealkylation sites (tertiary alicyclic amines) is 1. The van der Waals surface area contributed by atoms with E-state index >= 15 is 0 Å². The zero-order valence-electron chi connectivity index (χ0n) is 19.7. The Hall–Kier alpha value is -3.20. The lowest BCUT2D eigenvalue weighted by Crippen LogP contribution is -2.41. The summed E-state index contributed by atoms with van der Waals surface area (Å²) in [6.07, 6.45) is 5.44. The highest BCUT2D eigenvalue weighted by atomic mass is 16.4. The lowest BCUT2D eigenvalue weighted by atomic mass is 9.96. The third-order valence-corrected chi connectivity index (χ3v) is 5.63. The zero-order chi connectivity index (χ0) is 24.5. The van der Waals surface area contributed by atoms with Crippen LogP contribution in [0.25, 0.3) is 10.9 Å². The van der Waals surface area contributed by atoms with Crippen LogP contribution in [0.5, 0.6) is 0 Å². The third kappa shape index (κ3) is 8.02. The summed E-state index contributed by atoms with van der Waals surface area (Å²) >= 11 is 0. The molecule has 1 aliphatic heterocycles. The maximum atomic E-state index is 12.7. The standard InChI is InChI=1S/C20H30N4O.C4H4O4/c1-14(2)23-10-8-16(9-11-23)12-21-20(25)18-7-5-6-17-13-24(15(3)4)22-19(17)18;5-3(6)1-2-4(7)8/h5-7,13-16H,8-12H2,1-4H3,(H,21,25);1-2H,(H,5,6)(H,7,8)/b;2-1+. The Kier molecular flexibility index (Phi) is 9.59. The lowest BCUT2D eigenvalue weighted by molar-refractivity contribution is -0.134. The number of carboxylic acids is 2. The first-order chi connectivity index (χ1) is 15.6. The molecule has 2 heterocycles. The highest BCUT2D eigenvalue weighted by molar-refractivity contribution is 6.05. The molecule has 1 fully saturated rings. The SMILES string of the molecule is CC(C)N1CCC(CNC(=O)c2cccc3cn(C(C)C)nc23)CC1.O=C(O)/C=C/C(=O)O. The monoisotopic (exact) mass is 458 g/mol. The number of carboxylic acid groups (broad SMARTS) is 2. The molecule has 33 heavy (non-hydrogen) atoms. The number of hydrogen-bond acceptors (Lipinski definition) is 5. The highest BCUT2D eigenvalue weighted by Gasteiger charge is 2.22. The van der Waals surface area contributed by atoms with Crippen LogP contribution < -0.4 is 5.32 Å². The Bertz CT molecular complexity index is 972. The van der Waals surface area contributed by atoms with E-state index in [1.165, 1.54) is 0 Å². The summed E-state index contributed by atoms with van der Waals surface area (Å²) in [5, 5.41) is 24.4. The van der Waals surface area contributed by atoms with Gasteiger partial charge in [0.25, 0.3) is 5.91 Å². The number of rotatable bonds is 7. The summed E-state index contributed by atoms with van der Waals surface area (Å²) in [7, 11) is 0. The number of piperidine rings is 1. The van der Waals surface area contributed by atoms with E-state index in [9.17, 15) is 14.4 Å². The van der Waals surface area contributed by atoms with Gasteiger partial charge in [-0.05, 0) is 65.6 Å². The molecular weight excluding hydrogens is 424 g/mol. The van der Waals surface area contributed by atoms with E-state index in [-0.39, 0.29) is 11.9 Å². The molecule has 3 N–H and O–H groups in total. The van der Waals surface area contributed by atoms with Gasteiger partial charge in [0.2, 0.25) is 0 Å². The molecule has 1 aromatic heterocycles. The second-order valence-electron chi connectivity index (χ2n) is 8.74. The van der Waals surface area contributed by atoms with Gasteiger partial charge in [-0.15, -0.1) is 0 Å². The van der Waals surface area contributed by atoms with Crippen molar-refractivity contribution in [3.63, 3.8) is 0 Å². The molecule has 1 amide bonds. The largest absolute Gasteiger partial charge is 0.478 e. The fourth-order valence-electron chi connectivity index (χ4n) is 3.66. The first-order valence-corrected chi connectivity index (χ1v) is 11.2. The number of hydrogen-bond donors (Lipinski definition) is 3. The Morgan fingerprint density at radius 3 is 2.18 bits per heavy atom. The number of aliphatic carboxylic acids is 2. The minimum atomic E-state index is -1.26. The first-order valence-electron chi connectivity index (χ1n) is 11.2. The van der Waals surface area contributed by atoms with E-state index in [2.05, 4.69) is 43.0 Å². The molecule has 0 bridgehead atoms. The number of carbonyl (C=O) groups excluding carboxylic acids is 1. The van der Waals surface area contributed by atoms with Gasteiger partial charge in [-0.2, -0.15) is 5.10 Å². The number of fused-ring (bicyclic) bond motifs is 1. The summed E-state index contributed by atoms with van der Waals surface area (Å²) in [5.41, 5.74) is 1.47. The molecule has 0 unspecified atom stereocenters. The Morgan fingerprint density at radius 1 is 1.06 bits per heavy atom. The number of benzene rings is 1. The molecule has 0 spiro atoms. The summed E-state index contributed by atoms with van der Waals surface area (Å²) in [5.74, 6) is -1.95. The van der Waals surface area contributed by atoms with Crippen molar-refractivity contribution in [3.8, 4) is 0 Å². The first kappa shape index (κ1) is 26.1. The number of amides is 1. The van der Waals surface area contributed by atoms with Crippen molar-refractivity contribution < 1.29 is 24.6 Å². The minimum absolute atomic E-state index is 0.00843. The molecule has 2 aromatic rings. The number of nitrogens with one attached hydrogen (secondary N) is 1. The van der Waals surface area contributed by atoms with Crippen LogP contribution in [0.1, 0.15) is 56.9 Å². The fraction of sp³-hybridized carbons (Fsp3) is 0.500. The molecule has 0 radical (unpaired) electrons. The van der Waals surface area contributed by atoms with Gasteiger partial charge in [0.15, 0.2) is 0 Å². The summed E-state index contributed by atoms with van der Waals surface area (Å²) in [6, 6.07) is 6.72. The van der Waals surface area contributed by atoms with Crippen LogP contribution in [0.15, 0.2) is 36.5 Å². The van der Waals surface area contributed by atoms with Gasteiger partial charge in [0, 0.05) is 42.4 Å². The number of nitrogens with zero attached hydrogens (tertiary/aromatic N) is 3. The normalized spacial score (nSPS) is 15.1. The molecule has 180 valence electrons. The molecule has 0 aliphatic carbocycles. The fourth-order valence-corrected chi connectivity index (χ4v) is 3.66. The van der Waals surface area contributed by atoms with E-state index in [0.717, 1.165) is 43.4 Å². The van der Waals surface area contributed by atoms with Gasteiger partial charge in [-0.25, -0.2) is 9.59 Å². The van der Waals surface area contributed by atoms with Gasteiger partial charge < -0.3 is 20.4 Å². The predicted octanol–water partition coefficient (Wildman–Crippen LogP) is 3.18. The Labute approximate surface area is 194 Å². The third-order valence-electron chi connectivity index (χ3n) is 5.63. The number of aromatic nitrogens is 2. The highest BCUT2D eigenvalue weighted by Crippen LogP contribution is 2.21. The molecule has 0 atom stereocenters. The zero-order valence-corrected chi connectivity index (χ0v) is 19.7. The van der Waals surface area contributed by atoms with Gasteiger partial charge in [0.1, 0.15) is 5.52 Å². The van der Waals surface area contributed by atoms with Gasteiger partial charge in [-0.3, -0.25) is 9.48 Å². The van der Waals surface area contributed by atoms with Crippen molar-refractivity contribution in [1.29, 1.82) is 0 Å². The maximum Gasteiger partial charge on any atom is 0.328 e. The second kappa shape index (κ2) is 12.2. The van der Waals surface area contributed by atoms with Crippen LogP contribution >= 0.6 is 0 Å². The molecule has 0 saturated carbocycles. The van der Waals surface area contributed by atoms with E-state index in [0.29, 0.717) is 29.7 Å². The Balaban J connectivity index is 0.000000414. The molecule has 1 saturated heterocycles. The summed E-state index contributed by atoms with van der Waals surface area (Å²) < 4.78 is 1.92. The summed E-state index contributed by atoms with van der Waals surface area (Å²) in [4.78, 5) is 34.3. The average molecular weight is 459 g/mol. The molecule has 9 nitrogen and oxygen atoms in total. The van der Waals surface area contributed by atoms with Crippen molar-refractivity contribution >= 4 is 28.7 Å². The number of carbonyl (C=O) groups is 3. The van der Waals surface area contributed by atoms with E-state index in [1.54, 1.807) is 0 Å². The van der Waals surface area contributed by atoms with Crippen LogP contribution in [-0.4, -0.2) is 68.4 Å². The van der Waals surface area contributed by atoms with Crippen molar-refractivity contribution in [2.75, 3.05) is 19.6 Å². The molecule has 1 aromatic carbocycles. The molecule has 3 rings (SSSR count). The summed E-state index contributed by atoms with van der Waals surface area (Å²) in [6.45, 7) is 11.7. The topological polar surface area (TPSA) is 125 Å². The van der Waals surface area contributed by atoms with Crippen molar-refractivity contribution in [1.82, 2.24) is 20.0 Å². The van der Waals surface area contributed by atoms with Crippen LogP contribution in [0.3, 0.4) is 0 Å². The van der Waals surface area contributed by atoms with Crippen molar-refractivity contribution in [3.05, 3.63) is 42.1 Å². The average Bonchev–Trinajstić information content (AvgIpc) is 3.21. The predicted molar refractivity (Wildman–Crippen MR) is 126 cm³/mol. The quantitative estimate of drug-likeness (QED) is 0.544. The van der Waals surface area contributed by atoms with Crippen LogP contribution in [-0.2, 0) is 9.59 Å². The van der Waals surface area contributed by atoms with Crippen LogP contribution in [0, 0.1) is 5.92 Å². The Morgan fingerprint density at radius 2 is 1.67 bits per heavy atom. The van der Waals surface area contributed by atoms with E-state index < -0.39 is 11.9 Å².